The third-order valence-corrected chi connectivity index (χ3v) is 5.80. The molecule has 0 spiro atoms. The maximum atomic E-state index is 15.1. The van der Waals surface area contributed by atoms with Crippen molar-refractivity contribution < 1.29 is 41.5 Å². The van der Waals surface area contributed by atoms with Crippen LogP contribution in [0, 0.1) is 5.82 Å². The highest BCUT2D eigenvalue weighted by Gasteiger charge is 2.42. The van der Waals surface area contributed by atoms with E-state index in [4.69, 9.17) is 16.3 Å². The summed E-state index contributed by atoms with van der Waals surface area (Å²) >= 11 is 6.22. The van der Waals surface area contributed by atoms with Gasteiger partial charge in [0.05, 0.1) is 5.56 Å². The van der Waals surface area contributed by atoms with Gasteiger partial charge in [-0.15, -0.1) is 13.2 Å². The Balaban J connectivity index is 1.40. The molecule has 1 atom stereocenters. The maximum absolute atomic E-state index is 15.1. The van der Waals surface area contributed by atoms with Gasteiger partial charge in [-0.1, -0.05) is 11.6 Å². The highest BCUT2D eigenvalue weighted by atomic mass is 35.5. The van der Waals surface area contributed by atoms with Gasteiger partial charge in [-0.25, -0.2) is 9.18 Å². The lowest BCUT2D eigenvalue weighted by atomic mass is 10.0. The number of nitrogens with zero attached hydrogens (tertiary/aromatic N) is 3. The summed E-state index contributed by atoms with van der Waals surface area (Å²) < 4.78 is 57.3. The fourth-order valence-corrected chi connectivity index (χ4v) is 4.06. The van der Waals surface area contributed by atoms with Crippen LogP contribution in [0.1, 0.15) is 40.0 Å². The third kappa shape index (κ3) is 4.92. The van der Waals surface area contributed by atoms with Crippen molar-refractivity contribution in [2.45, 2.75) is 44.9 Å². The molecular weight excluding hydrogens is 502 g/mol. The van der Waals surface area contributed by atoms with E-state index in [9.17, 15) is 32.3 Å². The van der Waals surface area contributed by atoms with E-state index in [-0.39, 0.29) is 51.5 Å². The number of amides is 4. The molecule has 186 valence electrons. The van der Waals surface area contributed by atoms with Crippen LogP contribution >= 0.6 is 11.6 Å². The van der Waals surface area contributed by atoms with Gasteiger partial charge >= 0.3 is 12.4 Å². The maximum Gasteiger partial charge on any atom is 0.504 e. The summed E-state index contributed by atoms with van der Waals surface area (Å²) in [5.74, 6) is -2.86. The Morgan fingerprint density at radius 2 is 2.06 bits per heavy atom. The number of ether oxygens (including phenoxy) is 1. The molecule has 0 aliphatic carbocycles. The molecule has 15 heteroatoms. The number of piperidine rings is 1. The molecule has 1 saturated heterocycles. The Kier molecular flexibility index (Phi) is 6.40. The average Bonchev–Trinajstić information content (AvgIpc) is 3.39. The first-order valence-corrected chi connectivity index (χ1v) is 10.5. The Morgan fingerprint density at radius 3 is 2.71 bits per heavy atom. The molecule has 35 heavy (non-hydrogen) atoms. The summed E-state index contributed by atoms with van der Waals surface area (Å²) in [5, 5.41) is 7.62. The van der Waals surface area contributed by atoms with Crippen molar-refractivity contribution in [1.82, 2.24) is 25.3 Å². The number of aromatic nitrogens is 2. The van der Waals surface area contributed by atoms with E-state index >= 15 is 4.39 Å². The van der Waals surface area contributed by atoms with Crippen molar-refractivity contribution in [3.05, 3.63) is 51.6 Å². The largest absolute Gasteiger partial charge is 0.504 e. The van der Waals surface area contributed by atoms with Crippen molar-refractivity contribution in [2.24, 2.45) is 0 Å². The van der Waals surface area contributed by atoms with Gasteiger partial charge in [0.1, 0.15) is 24.2 Å². The van der Waals surface area contributed by atoms with Gasteiger partial charge in [-0.05, 0) is 18.6 Å². The highest BCUT2D eigenvalue weighted by Crippen LogP contribution is 2.35. The van der Waals surface area contributed by atoms with Crippen molar-refractivity contribution in [1.29, 1.82) is 0 Å². The van der Waals surface area contributed by atoms with Crippen LogP contribution in [0.25, 0.3) is 0 Å². The zero-order valence-corrected chi connectivity index (χ0v) is 18.4. The van der Waals surface area contributed by atoms with Crippen LogP contribution in [-0.4, -0.2) is 44.5 Å². The lowest BCUT2D eigenvalue weighted by Crippen LogP contribution is -2.52. The summed E-state index contributed by atoms with van der Waals surface area (Å²) in [4.78, 5) is 49.4. The molecule has 0 bridgehead atoms. The standard InChI is InChI=1S/C20H16ClF4N5O5/c21-12-5-9(6-26-19(34)35-8-10-3-4-30(28-10)20(23,24)25)16(22)15-11(12)7-29(18(15)33)13-1-2-14(31)27-17(13)32/h3-5,13H,1-2,6-8H2,(H,26,34)(H,27,31,32). The molecular formula is C20H16ClF4N5O5. The number of nitrogens with one attached hydrogen (secondary N) is 2. The van der Waals surface area contributed by atoms with E-state index < -0.39 is 55.1 Å². The Hall–Kier alpha value is -3.68. The second-order valence-corrected chi connectivity index (χ2v) is 8.14. The van der Waals surface area contributed by atoms with Crippen LogP contribution in [-0.2, 0) is 40.3 Å². The van der Waals surface area contributed by atoms with Crippen LogP contribution in [0.4, 0.5) is 22.4 Å². The number of alkyl halides is 3. The first-order chi connectivity index (χ1) is 16.5. The normalized spacial score (nSPS) is 17.9. The number of rotatable bonds is 5. The Bertz CT molecular complexity index is 1230. The number of alkyl carbamates (subject to hydrolysis) is 1. The molecule has 1 aromatic heterocycles. The molecule has 10 nitrogen and oxygen atoms in total. The quantitative estimate of drug-likeness (QED) is 0.464. The molecule has 4 rings (SSSR count). The molecule has 0 saturated carbocycles. The zero-order valence-electron chi connectivity index (χ0n) is 17.6. The number of hydrogen-bond acceptors (Lipinski definition) is 6. The molecule has 1 unspecified atom stereocenters. The van der Waals surface area contributed by atoms with Crippen molar-refractivity contribution >= 4 is 35.4 Å². The van der Waals surface area contributed by atoms with Crippen molar-refractivity contribution in [3.8, 4) is 0 Å². The van der Waals surface area contributed by atoms with E-state index in [1.54, 1.807) is 0 Å². The van der Waals surface area contributed by atoms with Gasteiger partial charge in [-0.3, -0.25) is 19.7 Å². The van der Waals surface area contributed by atoms with Gasteiger partial charge < -0.3 is 15.0 Å². The van der Waals surface area contributed by atoms with Crippen LogP contribution in [0.3, 0.4) is 0 Å². The van der Waals surface area contributed by atoms with Gasteiger partial charge in [0.15, 0.2) is 0 Å². The van der Waals surface area contributed by atoms with Gasteiger partial charge in [-0.2, -0.15) is 9.78 Å². The van der Waals surface area contributed by atoms with E-state index in [1.165, 1.54) is 6.07 Å². The number of benzene rings is 1. The lowest BCUT2D eigenvalue weighted by molar-refractivity contribution is -0.212. The molecule has 0 radical (unpaired) electrons. The number of carbonyl (C=O) groups is 4. The molecule has 2 aliphatic rings. The molecule has 4 amide bonds. The third-order valence-electron chi connectivity index (χ3n) is 5.46. The molecule has 1 fully saturated rings. The van der Waals surface area contributed by atoms with E-state index in [0.717, 1.165) is 11.0 Å². The molecule has 3 heterocycles. The summed E-state index contributed by atoms with van der Waals surface area (Å²) in [6.07, 6.45) is -5.01. The molecule has 1 aromatic carbocycles. The van der Waals surface area contributed by atoms with Crippen LogP contribution in [0.5, 0.6) is 0 Å². The molecule has 2 aliphatic heterocycles. The van der Waals surface area contributed by atoms with Crippen LogP contribution in [0.2, 0.25) is 5.02 Å². The van der Waals surface area contributed by atoms with E-state index in [1.807, 2.05) is 0 Å². The zero-order chi connectivity index (χ0) is 25.5. The van der Waals surface area contributed by atoms with E-state index in [0.29, 0.717) is 6.20 Å². The SMILES string of the molecule is O=C1CCC(N2Cc3c(Cl)cc(CNC(=O)OCc4ccn(C(F)(F)F)n4)c(F)c3C2=O)C(=O)N1. The van der Waals surface area contributed by atoms with Crippen LogP contribution < -0.4 is 10.6 Å². The Labute approximate surface area is 199 Å². The van der Waals surface area contributed by atoms with Crippen molar-refractivity contribution in [2.75, 3.05) is 0 Å². The van der Waals surface area contributed by atoms with E-state index in [2.05, 4.69) is 15.7 Å². The monoisotopic (exact) mass is 517 g/mol. The highest BCUT2D eigenvalue weighted by molar-refractivity contribution is 6.32. The topological polar surface area (TPSA) is 123 Å². The Morgan fingerprint density at radius 1 is 1.31 bits per heavy atom. The summed E-state index contributed by atoms with van der Waals surface area (Å²) in [5.41, 5.74) is -0.482. The number of fused-ring (bicyclic) bond motifs is 1. The molecule has 2 aromatic rings. The first-order valence-electron chi connectivity index (χ1n) is 10.1. The predicted octanol–water partition coefficient (Wildman–Crippen LogP) is 2.34. The second-order valence-electron chi connectivity index (χ2n) is 7.73. The van der Waals surface area contributed by atoms with Gasteiger partial charge in [0, 0.05) is 41.9 Å². The smallest absolute Gasteiger partial charge is 0.443 e. The number of imide groups is 1. The minimum atomic E-state index is -4.71. The second kappa shape index (κ2) is 9.17. The molecule has 2 N–H and O–H groups in total. The van der Waals surface area contributed by atoms with Crippen molar-refractivity contribution in [3.63, 3.8) is 0 Å². The average molecular weight is 518 g/mol. The number of carbonyl (C=O) groups excluding carboxylic acids is 4. The summed E-state index contributed by atoms with van der Waals surface area (Å²) in [7, 11) is 0. The fraction of sp³-hybridized carbons (Fsp3) is 0.350. The first kappa shape index (κ1) is 24.4. The summed E-state index contributed by atoms with van der Waals surface area (Å²) in [6, 6.07) is 1.27. The minimum absolute atomic E-state index is 0.0283. The number of hydrogen-bond donors (Lipinski definition) is 2. The lowest BCUT2D eigenvalue weighted by Gasteiger charge is -2.29. The summed E-state index contributed by atoms with van der Waals surface area (Å²) in [6.45, 7) is -1.14. The fourth-order valence-electron chi connectivity index (χ4n) is 3.78. The van der Waals surface area contributed by atoms with Gasteiger partial charge in [0.25, 0.3) is 5.91 Å². The number of halogens is 5. The van der Waals surface area contributed by atoms with Crippen LogP contribution in [0.15, 0.2) is 18.3 Å². The predicted molar refractivity (Wildman–Crippen MR) is 108 cm³/mol. The minimum Gasteiger partial charge on any atom is -0.443 e. The van der Waals surface area contributed by atoms with Gasteiger partial charge in [0.2, 0.25) is 11.8 Å².